The lowest BCUT2D eigenvalue weighted by Crippen LogP contribution is -2.43. The van der Waals surface area contributed by atoms with Gasteiger partial charge in [0.2, 0.25) is 5.91 Å². The fraction of sp³-hybridized carbons (Fsp3) is 0.455. The molecule has 4 heteroatoms. The molecule has 1 amide bonds. The third kappa shape index (κ3) is 3.97. The van der Waals surface area contributed by atoms with Crippen LogP contribution in [-0.4, -0.2) is 16.0 Å². The van der Waals surface area contributed by atoms with Gasteiger partial charge >= 0.3 is 0 Å². The van der Waals surface area contributed by atoms with Crippen LogP contribution in [0.1, 0.15) is 20.8 Å². The number of carbonyl (C=O) groups excluding carboxylic acids is 1. The van der Waals surface area contributed by atoms with Crippen molar-refractivity contribution in [1.82, 2.24) is 9.88 Å². The first-order chi connectivity index (χ1) is 6.88. The highest BCUT2D eigenvalue weighted by atomic mass is 16.2. The zero-order chi connectivity index (χ0) is 11.5. The summed E-state index contributed by atoms with van der Waals surface area (Å²) in [6, 6.07) is 4.82. The number of rotatable bonds is 2. The average molecular weight is 208 g/mol. The Morgan fingerprint density at radius 1 is 1.40 bits per heavy atom. The van der Waals surface area contributed by atoms with E-state index < -0.39 is 0 Å². The summed E-state index contributed by atoms with van der Waals surface area (Å²) in [6.45, 7) is 5.77. The van der Waals surface area contributed by atoms with Crippen molar-refractivity contribution in [3.05, 3.63) is 34.7 Å². The van der Waals surface area contributed by atoms with E-state index in [4.69, 9.17) is 0 Å². The van der Waals surface area contributed by atoms with Gasteiger partial charge in [-0.25, -0.2) is 0 Å². The Morgan fingerprint density at radius 3 is 2.60 bits per heavy atom. The van der Waals surface area contributed by atoms with E-state index in [2.05, 4.69) is 5.32 Å². The van der Waals surface area contributed by atoms with Crippen molar-refractivity contribution < 1.29 is 4.79 Å². The summed E-state index contributed by atoms with van der Waals surface area (Å²) in [7, 11) is 0. The van der Waals surface area contributed by atoms with Gasteiger partial charge in [0, 0.05) is 17.8 Å². The highest BCUT2D eigenvalue weighted by molar-refractivity contribution is 5.76. The van der Waals surface area contributed by atoms with Crippen molar-refractivity contribution in [1.29, 1.82) is 0 Å². The number of aromatic nitrogens is 1. The molecule has 0 saturated heterocycles. The van der Waals surface area contributed by atoms with Gasteiger partial charge in [-0.15, -0.1) is 0 Å². The molecule has 0 atom stereocenters. The van der Waals surface area contributed by atoms with Crippen LogP contribution < -0.4 is 10.9 Å². The van der Waals surface area contributed by atoms with E-state index in [0.29, 0.717) is 0 Å². The number of pyridine rings is 1. The molecule has 82 valence electrons. The molecule has 0 aliphatic rings. The molecule has 15 heavy (non-hydrogen) atoms. The van der Waals surface area contributed by atoms with Gasteiger partial charge in [-0.2, -0.15) is 0 Å². The Bertz CT molecular complexity index is 402. The van der Waals surface area contributed by atoms with E-state index in [1.165, 1.54) is 10.6 Å². The summed E-state index contributed by atoms with van der Waals surface area (Å²) >= 11 is 0. The van der Waals surface area contributed by atoms with Crippen LogP contribution in [0.3, 0.4) is 0 Å². The summed E-state index contributed by atoms with van der Waals surface area (Å²) in [5.74, 6) is -0.157. The van der Waals surface area contributed by atoms with Crippen LogP contribution in [0.2, 0.25) is 0 Å². The van der Waals surface area contributed by atoms with Crippen LogP contribution in [0.15, 0.2) is 29.2 Å². The van der Waals surface area contributed by atoms with Gasteiger partial charge in [-0.3, -0.25) is 9.59 Å². The van der Waals surface area contributed by atoms with Crippen LogP contribution >= 0.6 is 0 Å². The number of nitrogens with one attached hydrogen (secondary N) is 1. The van der Waals surface area contributed by atoms with E-state index >= 15 is 0 Å². The summed E-state index contributed by atoms with van der Waals surface area (Å²) in [6.07, 6.45) is 1.60. The van der Waals surface area contributed by atoms with Gasteiger partial charge in [0.05, 0.1) is 0 Å². The van der Waals surface area contributed by atoms with Crippen LogP contribution in [0.25, 0.3) is 0 Å². The van der Waals surface area contributed by atoms with Crippen LogP contribution in [0.5, 0.6) is 0 Å². The molecule has 1 rings (SSSR count). The zero-order valence-electron chi connectivity index (χ0n) is 9.28. The number of hydrogen-bond donors (Lipinski definition) is 1. The third-order valence-corrected chi connectivity index (χ3v) is 1.73. The molecule has 0 aliphatic carbocycles. The SMILES string of the molecule is CC(C)(C)NC(=O)Cn1ccccc1=O. The summed E-state index contributed by atoms with van der Waals surface area (Å²) in [5.41, 5.74) is -0.434. The van der Waals surface area contributed by atoms with Gasteiger partial charge in [0.15, 0.2) is 0 Å². The first kappa shape index (κ1) is 11.5. The largest absolute Gasteiger partial charge is 0.350 e. The average Bonchev–Trinajstić information content (AvgIpc) is 2.05. The fourth-order valence-corrected chi connectivity index (χ4v) is 1.20. The first-order valence-corrected chi connectivity index (χ1v) is 4.85. The predicted molar refractivity (Wildman–Crippen MR) is 58.6 cm³/mol. The van der Waals surface area contributed by atoms with Crippen molar-refractivity contribution in [3.8, 4) is 0 Å². The maximum Gasteiger partial charge on any atom is 0.250 e. The minimum Gasteiger partial charge on any atom is -0.350 e. The molecule has 0 spiro atoms. The minimum absolute atomic E-state index is 0.0664. The van der Waals surface area contributed by atoms with Crippen molar-refractivity contribution in [2.45, 2.75) is 32.9 Å². The molecule has 4 nitrogen and oxygen atoms in total. The molecule has 0 radical (unpaired) electrons. The summed E-state index contributed by atoms with van der Waals surface area (Å²) in [5, 5.41) is 2.80. The lowest BCUT2D eigenvalue weighted by atomic mass is 10.1. The molecular formula is C11H16N2O2. The van der Waals surface area contributed by atoms with E-state index in [0.717, 1.165) is 0 Å². The number of amides is 1. The number of carbonyl (C=O) groups is 1. The molecule has 1 N–H and O–H groups in total. The van der Waals surface area contributed by atoms with Gasteiger partial charge in [-0.1, -0.05) is 6.07 Å². The molecule has 0 aromatic carbocycles. The maximum atomic E-state index is 11.5. The Balaban J connectivity index is 2.68. The predicted octanol–water partition coefficient (Wildman–Crippen LogP) is 0.763. The first-order valence-electron chi connectivity index (χ1n) is 4.85. The second-order valence-electron chi connectivity index (χ2n) is 4.46. The Morgan fingerprint density at radius 2 is 2.07 bits per heavy atom. The third-order valence-electron chi connectivity index (χ3n) is 1.73. The topological polar surface area (TPSA) is 51.1 Å². The summed E-state index contributed by atoms with van der Waals surface area (Å²) < 4.78 is 1.38. The lowest BCUT2D eigenvalue weighted by Gasteiger charge is -2.20. The Kier molecular flexibility index (Phi) is 3.29. The molecule has 1 aromatic heterocycles. The summed E-state index contributed by atoms with van der Waals surface area (Å²) in [4.78, 5) is 22.8. The molecule has 1 aromatic rings. The van der Waals surface area contributed by atoms with Crippen molar-refractivity contribution in [2.24, 2.45) is 0 Å². The molecule has 0 aliphatic heterocycles. The standard InChI is InChI=1S/C11H16N2O2/c1-11(2,3)12-9(14)8-13-7-5-4-6-10(13)15/h4-7H,8H2,1-3H3,(H,12,14). The molecule has 0 bridgehead atoms. The lowest BCUT2D eigenvalue weighted by molar-refractivity contribution is -0.123. The molecule has 1 heterocycles. The molecular weight excluding hydrogens is 192 g/mol. The van der Waals surface area contributed by atoms with Crippen LogP contribution in [0.4, 0.5) is 0 Å². The highest BCUT2D eigenvalue weighted by Crippen LogP contribution is 1.98. The minimum atomic E-state index is -0.268. The van der Waals surface area contributed by atoms with E-state index in [-0.39, 0.29) is 23.6 Å². The Labute approximate surface area is 88.9 Å². The molecule has 0 fully saturated rings. The van der Waals surface area contributed by atoms with Gasteiger partial charge in [-0.05, 0) is 26.8 Å². The second kappa shape index (κ2) is 4.29. The van der Waals surface area contributed by atoms with E-state index in [9.17, 15) is 9.59 Å². The highest BCUT2D eigenvalue weighted by Gasteiger charge is 2.13. The van der Waals surface area contributed by atoms with E-state index in [1.807, 2.05) is 20.8 Å². The quantitative estimate of drug-likeness (QED) is 0.780. The fourth-order valence-electron chi connectivity index (χ4n) is 1.20. The molecule has 0 saturated carbocycles. The van der Waals surface area contributed by atoms with E-state index in [1.54, 1.807) is 18.3 Å². The van der Waals surface area contributed by atoms with Crippen LogP contribution in [-0.2, 0) is 11.3 Å². The number of nitrogens with zero attached hydrogens (tertiary/aromatic N) is 1. The van der Waals surface area contributed by atoms with Crippen molar-refractivity contribution in [2.75, 3.05) is 0 Å². The van der Waals surface area contributed by atoms with Gasteiger partial charge in [0.1, 0.15) is 6.54 Å². The van der Waals surface area contributed by atoms with Gasteiger partial charge < -0.3 is 9.88 Å². The Hall–Kier alpha value is -1.58. The van der Waals surface area contributed by atoms with Crippen molar-refractivity contribution in [3.63, 3.8) is 0 Å². The molecule has 0 unspecified atom stereocenters. The van der Waals surface area contributed by atoms with Gasteiger partial charge in [0.25, 0.3) is 5.56 Å². The second-order valence-corrected chi connectivity index (χ2v) is 4.46. The number of hydrogen-bond acceptors (Lipinski definition) is 2. The monoisotopic (exact) mass is 208 g/mol. The maximum absolute atomic E-state index is 11.5. The van der Waals surface area contributed by atoms with Crippen LogP contribution in [0, 0.1) is 0 Å². The zero-order valence-corrected chi connectivity index (χ0v) is 9.28. The smallest absolute Gasteiger partial charge is 0.250 e. The van der Waals surface area contributed by atoms with Crippen molar-refractivity contribution >= 4 is 5.91 Å². The normalized spacial score (nSPS) is 11.1.